The third-order valence-electron chi connectivity index (χ3n) is 2.52. The van der Waals surface area contributed by atoms with Crippen LogP contribution in [0.25, 0.3) is 0 Å². The predicted molar refractivity (Wildman–Crippen MR) is 73.6 cm³/mol. The van der Waals surface area contributed by atoms with Crippen LogP contribution in [0.1, 0.15) is 5.56 Å². The Morgan fingerprint density at radius 1 is 1.53 bits per heavy atom. The number of nitrogens with one attached hydrogen (secondary N) is 1. The molecule has 1 amide bonds. The molecule has 0 saturated heterocycles. The minimum absolute atomic E-state index is 0.00392. The van der Waals surface area contributed by atoms with Gasteiger partial charge in [-0.25, -0.2) is 5.06 Å². The number of aliphatic hydroxyl groups is 1. The summed E-state index contributed by atoms with van der Waals surface area (Å²) in [6, 6.07) is 5.54. The molecule has 104 valence electrons. The minimum Gasteiger partial charge on any atom is -0.507 e. The van der Waals surface area contributed by atoms with Crippen molar-refractivity contribution in [2.24, 2.45) is 0 Å². The van der Waals surface area contributed by atoms with Crippen molar-refractivity contribution in [2.75, 3.05) is 20.8 Å². The Hall–Kier alpha value is -1.70. The number of phenols is 1. The van der Waals surface area contributed by atoms with Gasteiger partial charge in [-0.15, -0.1) is 0 Å². The molecule has 0 saturated carbocycles. The zero-order valence-electron chi connectivity index (χ0n) is 10.7. The minimum atomic E-state index is -0.933. The van der Waals surface area contributed by atoms with Gasteiger partial charge < -0.3 is 15.5 Å². The molecule has 1 atom stereocenters. The van der Waals surface area contributed by atoms with Crippen LogP contribution in [0.3, 0.4) is 0 Å². The monoisotopic (exact) mass is 284 g/mol. The van der Waals surface area contributed by atoms with Gasteiger partial charge in [-0.3, -0.25) is 9.63 Å². The van der Waals surface area contributed by atoms with Crippen molar-refractivity contribution in [1.82, 2.24) is 10.4 Å². The van der Waals surface area contributed by atoms with Crippen LogP contribution in [-0.2, 0) is 9.63 Å². The second kappa shape index (κ2) is 7.03. The van der Waals surface area contributed by atoms with E-state index in [4.69, 9.17) is 17.1 Å². The Bertz CT molecular complexity index is 467. The third kappa shape index (κ3) is 3.88. The van der Waals surface area contributed by atoms with Gasteiger partial charge in [0.05, 0.1) is 19.3 Å². The highest BCUT2D eigenvalue weighted by Gasteiger charge is 2.23. The summed E-state index contributed by atoms with van der Waals surface area (Å²) in [4.78, 5) is 16.7. The summed E-state index contributed by atoms with van der Waals surface area (Å²) in [5.41, 5.74) is 0.392. The van der Waals surface area contributed by atoms with Gasteiger partial charge in [0.1, 0.15) is 16.8 Å². The molecule has 0 heterocycles. The summed E-state index contributed by atoms with van der Waals surface area (Å²) in [6.45, 7) is -0.444. The number of hydrogen-bond donors (Lipinski definition) is 3. The number of carbonyl (C=O) groups excluding carboxylic acids is 1. The van der Waals surface area contributed by atoms with Gasteiger partial charge in [0.25, 0.3) is 5.91 Å². The van der Waals surface area contributed by atoms with Crippen LogP contribution in [-0.4, -0.2) is 53.0 Å². The molecule has 3 N–H and O–H groups in total. The van der Waals surface area contributed by atoms with Crippen LogP contribution < -0.4 is 5.32 Å². The standard InChI is InChI=1S/C12H16N2O4S/c1-14(18-2)12(17)9(7-15)13-11(19)8-5-3-4-6-10(8)16/h3-6,9,15-16H,7H2,1-2H3,(H,13,19)/t9-/m1/s1. The van der Waals surface area contributed by atoms with Gasteiger partial charge in [-0.2, -0.15) is 0 Å². The number of nitrogens with zero attached hydrogens (tertiary/aromatic N) is 1. The van der Waals surface area contributed by atoms with E-state index >= 15 is 0 Å². The van der Waals surface area contributed by atoms with Gasteiger partial charge in [0.2, 0.25) is 0 Å². The molecule has 6 nitrogen and oxygen atoms in total. The van der Waals surface area contributed by atoms with E-state index in [0.717, 1.165) is 5.06 Å². The first-order valence-corrected chi connectivity index (χ1v) is 5.93. The second-order valence-corrected chi connectivity index (χ2v) is 4.15. The average Bonchev–Trinajstić information content (AvgIpc) is 2.43. The van der Waals surface area contributed by atoms with Crippen LogP contribution in [0.4, 0.5) is 0 Å². The van der Waals surface area contributed by atoms with Crippen LogP contribution in [0, 0.1) is 0 Å². The van der Waals surface area contributed by atoms with Gasteiger partial charge >= 0.3 is 0 Å². The molecule has 0 unspecified atom stereocenters. The van der Waals surface area contributed by atoms with Crippen molar-refractivity contribution in [1.29, 1.82) is 0 Å². The van der Waals surface area contributed by atoms with E-state index in [1.165, 1.54) is 20.2 Å². The molecule has 1 rings (SSSR count). The molecule has 0 aliphatic heterocycles. The maximum Gasteiger partial charge on any atom is 0.270 e. The van der Waals surface area contributed by atoms with E-state index in [-0.39, 0.29) is 10.7 Å². The van der Waals surface area contributed by atoms with Crippen LogP contribution in [0.15, 0.2) is 24.3 Å². The summed E-state index contributed by atoms with van der Waals surface area (Å²) >= 11 is 5.10. The number of para-hydroxylation sites is 1. The van der Waals surface area contributed by atoms with Crippen molar-refractivity contribution in [3.8, 4) is 5.75 Å². The molecule has 0 fully saturated rings. The number of rotatable bonds is 5. The van der Waals surface area contributed by atoms with E-state index in [0.29, 0.717) is 5.56 Å². The molecule has 7 heteroatoms. The smallest absolute Gasteiger partial charge is 0.270 e. The highest BCUT2D eigenvalue weighted by molar-refractivity contribution is 7.80. The summed E-state index contributed by atoms with van der Waals surface area (Å²) in [7, 11) is 2.77. The predicted octanol–water partition coefficient (Wildman–Crippen LogP) is 0.0380. The molecule has 0 bridgehead atoms. The molecule has 19 heavy (non-hydrogen) atoms. The van der Waals surface area contributed by atoms with E-state index in [1.54, 1.807) is 18.2 Å². The van der Waals surface area contributed by atoms with E-state index in [1.807, 2.05) is 0 Å². The molecular formula is C12H16N2O4S. The first-order chi connectivity index (χ1) is 9.01. The maximum atomic E-state index is 11.8. The SMILES string of the molecule is CON(C)C(=O)[C@@H](CO)NC(=S)c1ccccc1O. The lowest BCUT2D eigenvalue weighted by Crippen LogP contribution is -2.48. The van der Waals surface area contributed by atoms with Crippen molar-refractivity contribution in [3.05, 3.63) is 29.8 Å². The van der Waals surface area contributed by atoms with Crippen molar-refractivity contribution < 1.29 is 19.8 Å². The summed E-state index contributed by atoms with van der Waals surface area (Å²) < 4.78 is 0. The topological polar surface area (TPSA) is 82.0 Å². The average molecular weight is 284 g/mol. The van der Waals surface area contributed by atoms with Gasteiger partial charge in [-0.05, 0) is 12.1 Å². The van der Waals surface area contributed by atoms with Crippen molar-refractivity contribution in [3.63, 3.8) is 0 Å². The fourth-order valence-electron chi connectivity index (χ4n) is 1.40. The van der Waals surface area contributed by atoms with Gasteiger partial charge in [-0.1, -0.05) is 24.4 Å². The summed E-state index contributed by atoms with van der Waals surface area (Å²) in [6.07, 6.45) is 0. The maximum absolute atomic E-state index is 11.8. The number of thiocarbonyl (C=S) groups is 1. The number of benzene rings is 1. The Morgan fingerprint density at radius 3 is 2.68 bits per heavy atom. The fraction of sp³-hybridized carbons (Fsp3) is 0.333. The quantitative estimate of drug-likeness (QED) is 0.523. The lowest BCUT2D eigenvalue weighted by molar-refractivity contribution is -0.171. The number of likely N-dealkylation sites (N-methyl/N-ethyl adjacent to an activating group) is 1. The molecule has 0 radical (unpaired) electrons. The Kier molecular flexibility index (Phi) is 5.68. The molecule has 0 spiro atoms. The lowest BCUT2D eigenvalue weighted by atomic mass is 10.2. The zero-order chi connectivity index (χ0) is 14.4. The van der Waals surface area contributed by atoms with Gasteiger partial charge in [0, 0.05) is 7.05 Å². The first kappa shape index (κ1) is 15.4. The molecule has 0 aliphatic carbocycles. The summed E-state index contributed by atoms with van der Waals surface area (Å²) in [5.74, 6) is -0.466. The highest BCUT2D eigenvalue weighted by Crippen LogP contribution is 2.16. The van der Waals surface area contributed by atoms with E-state index in [2.05, 4.69) is 5.32 Å². The first-order valence-electron chi connectivity index (χ1n) is 5.52. The second-order valence-electron chi connectivity index (χ2n) is 3.74. The third-order valence-corrected chi connectivity index (χ3v) is 2.86. The zero-order valence-corrected chi connectivity index (χ0v) is 11.5. The number of hydroxylamine groups is 2. The van der Waals surface area contributed by atoms with Crippen molar-refractivity contribution in [2.45, 2.75) is 6.04 Å². The van der Waals surface area contributed by atoms with Crippen LogP contribution in [0.2, 0.25) is 0 Å². The molecule has 0 aromatic heterocycles. The molecular weight excluding hydrogens is 268 g/mol. The molecule has 0 aliphatic rings. The largest absolute Gasteiger partial charge is 0.507 e. The fourth-order valence-corrected chi connectivity index (χ4v) is 1.71. The molecule has 1 aromatic rings. The Labute approximate surface area is 116 Å². The van der Waals surface area contributed by atoms with Crippen LogP contribution in [0.5, 0.6) is 5.75 Å². The highest BCUT2D eigenvalue weighted by atomic mass is 32.1. The number of aromatic hydroxyl groups is 1. The van der Waals surface area contributed by atoms with E-state index in [9.17, 15) is 15.0 Å². The normalized spacial score (nSPS) is 11.7. The molecule has 1 aromatic carbocycles. The number of phenolic OH excluding ortho intramolecular Hbond substituents is 1. The number of aliphatic hydroxyl groups excluding tert-OH is 1. The number of hydrogen-bond acceptors (Lipinski definition) is 5. The lowest BCUT2D eigenvalue weighted by Gasteiger charge is -2.22. The Morgan fingerprint density at radius 2 is 2.16 bits per heavy atom. The van der Waals surface area contributed by atoms with E-state index < -0.39 is 18.6 Å². The van der Waals surface area contributed by atoms with Crippen LogP contribution >= 0.6 is 12.2 Å². The summed E-state index contributed by atoms with van der Waals surface area (Å²) in [5, 5.41) is 22.5. The number of carbonyl (C=O) groups is 1. The Balaban J connectivity index is 2.80. The number of amides is 1. The van der Waals surface area contributed by atoms with Gasteiger partial charge in [0.15, 0.2) is 0 Å². The van der Waals surface area contributed by atoms with Crippen molar-refractivity contribution >= 4 is 23.1 Å².